The van der Waals surface area contributed by atoms with E-state index in [0.717, 1.165) is 35.4 Å². The third-order valence-corrected chi connectivity index (χ3v) is 4.27. The number of imidazole rings is 1. The molecule has 1 amide bonds. The number of benzene rings is 1. The summed E-state index contributed by atoms with van der Waals surface area (Å²) in [5.74, 6) is 1.10. The summed E-state index contributed by atoms with van der Waals surface area (Å²) < 4.78 is 0. The summed E-state index contributed by atoms with van der Waals surface area (Å²) in [6, 6.07) is 5.58. The van der Waals surface area contributed by atoms with E-state index in [1.54, 1.807) is 0 Å². The molecule has 7 heteroatoms. The SMILES string of the molecule is CC(C)C1=NO[C@H](C(=O)NCCCc2nc3ccc(Cl)cc3[nH]2)C1. The monoisotopic (exact) mass is 348 g/mol. The van der Waals surface area contributed by atoms with Gasteiger partial charge in [-0.1, -0.05) is 30.6 Å². The predicted molar refractivity (Wildman–Crippen MR) is 94.2 cm³/mol. The summed E-state index contributed by atoms with van der Waals surface area (Å²) in [7, 11) is 0. The lowest BCUT2D eigenvalue weighted by atomic mass is 10.0. The van der Waals surface area contributed by atoms with Crippen molar-refractivity contribution in [3.05, 3.63) is 29.0 Å². The standard InChI is InChI=1S/C17H21ClN4O2/c1-10(2)13-9-15(24-22-13)17(23)19-7-3-4-16-20-12-6-5-11(18)8-14(12)21-16/h5-6,8,10,15H,3-4,7,9H2,1-2H3,(H,19,23)(H,20,21)/t15-/m0/s1. The van der Waals surface area contributed by atoms with E-state index in [0.29, 0.717) is 23.9 Å². The lowest BCUT2D eigenvalue weighted by molar-refractivity contribution is -0.131. The van der Waals surface area contributed by atoms with Gasteiger partial charge in [0.2, 0.25) is 6.10 Å². The van der Waals surface area contributed by atoms with Crippen LogP contribution in [0.5, 0.6) is 0 Å². The molecule has 0 spiro atoms. The number of fused-ring (bicyclic) bond motifs is 1. The molecule has 0 unspecified atom stereocenters. The molecule has 1 aromatic carbocycles. The lowest BCUT2D eigenvalue weighted by Gasteiger charge is -2.09. The van der Waals surface area contributed by atoms with Crippen molar-refractivity contribution in [2.24, 2.45) is 11.1 Å². The average Bonchev–Trinajstić information content (AvgIpc) is 3.17. The molecule has 1 atom stereocenters. The van der Waals surface area contributed by atoms with Gasteiger partial charge in [-0.2, -0.15) is 0 Å². The van der Waals surface area contributed by atoms with Crippen molar-refractivity contribution in [1.29, 1.82) is 0 Å². The van der Waals surface area contributed by atoms with Gasteiger partial charge in [0.1, 0.15) is 5.82 Å². The number of carbonyl (C=O) groups excluding carboxylic acids is 1. The Kier molecular flexibility index (Phi) is 5.04. The van der Waals surface area contributed by atoms with E-state index in [4.69, 9.17) is 16.4 Å². The minimum Gasteiger partial charge on any atom is -0.382 e. The summed E-state index contributed by atoms with van der Waals surface area (Å²) in [6.07, 6.45) is 1.64. The molecule has 0 saturated heterocycles. The number of amides is 1. The Bertz CT molecular complexity index is 769. The Hall–Kier alpha value is -2.08. The maximum atomic E-state index is 12.1. The molecular weight excluding hydrogens is 328 g/mol. The molecule has 0 bridgehead atoms. The quantitative estimate of drug-likeness (QED) is 0.787. The van der Waals surface area contributed by atoms with Gasteiger partial charge >= 0.3 is 0 Å². The fourth-order valence-corrected chi connectivity index (χ4v) is 2.78. The number of rotatable bonds is 6. The maximum absolute atomic E-state index is 12.1. The zero-order chi connectivity index (χ0) is 17.1. The first-order valence-electron chi connectivity index (χ1n) is 8.17. The third-order valence-electron chi connectivity index (χ3n) is 4.03. The van der Waals surface area contributed by atoms with E-state index in [1.807, 2.05) is 32.0 Å². The van der Waals surface area contributed by atoms with Gasteiger partial charge in [-0.15, -0.1) is 0 Å². The van der Waals surface area contributed by atoms with Crippen LogP contribution in [-0.2, 0) is 16.1 Å². The van der Waals surface area contributed by atoms with Gasteiger partial charge in [0.25, 0.3) is 5.91 Å². The van der Waals surface area contributed by atoms with E-state index in [2.05, 4.69) is 20.4 Å². The Morgan fingerprint density at radius 1 is 1.50 bits per heavy atom. The topological polar surface area (TPSA) is 79.4 Å². The van der Waals surface area contributed by atoms with Crippen molar-refractivity contribution < 1.29 is 9.63 Å². The smallest absolute Gasteiger partial charge is 0.264 e. The van der Waals surface area contributed by atoms with Crippen molar-refractivity contribution in [2.75, 3.05) is 6.54 Å². The van der Waals surface area contributed by atoms with Crippen LogP contribution in [-0.4, -0.2) is 34.2 Å². The number of nitrogens with one attached hydrogen (secondary N) is 2. The van der Waals surface area contributed by atoms with Gasteiger partial charge in [-0.05, 0) is 30.5 Å². The van der Waals surface area contributed by atoms with Crippen molar-refractivity contribution in [2.45, 2.75) is 39.2 Å². The van der Waals surface area contributed by atoms with E-state index in [-0.39, 0.29) is 5.91 Å². The molecule has 128 valence electrons. The number of hydrogen-bond donors (Lipinski definition) is 2. The highest BCUT2D eigenvalue weighted by Gasteiger charge is 2.28. The molecule has 0 fully saturated rings. The van der Waals surface area contributed by atoms with Gasteiger partial charge in [0, 0.05) is 24.4 Å². The number of oxime groups is 1. The van der Waals surface area contributed by atoms with Crippen LogP contribution in [0.15, 0.2) is 23.4 Å². The molecule has 0 saturated carbocycles. The van der Waals surface area contributed by atoms with E-state index in [9.17, 15) is 4.79 Å². The molecule has 2 N–H and O–H groups in total. The van der Waals surface area contributed by atoms with Gasteiger partial charge in [-0.25, -0.2) is 4.98 Å². The predicted octanol–water partition coefficient (Wildman–Crippen LogP) is 3.07. The number of hydrogen-bond acceptors (Lipinski definition) is 4. The fraction of sp³-hybridized carbons (Fsp3) is 0.471. The number of aryl methyl sites for hydroxylation is 1. The first kappa shape index (κ1) is 16.8. The van der Waals surface area contributed by atoms with E-state index in [1.165, 1.54) is 0 Å². The number of aromatic nitrogens is 2. The Morgan fingerprint density at radius 2 is 2.33 bits per heavy atom. The van der Waals surface area contributed by atoms with Crippen LogP contribution in [0.2, 0.25) is 5.02 Å². The Balaban J connectivity index is 1.42. The number of aromatic amines is 1. The summed E-state index contributed by atoms with van der Waals surface area (Å²) >= 11 is 5.96. The van der Waals surface area contributed by atoms with Crippen LogP contribution >= 0.6 is 11.6 Å². The van der Waals surface area contributed by atoms with Crippen LogP contribution in [0.4, 0.5) is 0 Å². The summed E-state index contributed by atoms with van der Waals surface area (Å²) in [6.45, 7) is 4.67. The van der Waals surface area contributed by atoms with Crippen molar-refractivity contribution in [3.63, 3.8) is 0 Å². The number of H-pyrrole nitrogens is 1. The van der Waals surface area contributed by atoms with Crippen molar-refractivity contribution in [3.8, 4) is 0 Å². The minimum atomic E-state index is -0.490. The van der Waals surface area contributed by atoms with Crippen LogP contribution < -0.4 is 5.32 Å². The fourth-order valence-electron chi connectivity index (χ4n) is 2.61. The van der Waals surface area contributed by atoms with Gasteiger partial charge in [-0.3, -0.25) is 4.79 Å². The molecule has 24 heavy (non-hydrogen) atoms. The number of nitrogens with zero attached hydrogens (tertiary/aromatic N) is 2. The first-order chi connectivity index (χ1) is 11.5. The van der Waals surface area contributed by atoms with Crippen molar-refractivity contribution >= 4 is 34.3 Å². The van der Waals surface area contributed by atoms with E-state index >= 15 is 0 Å². The summed E-state index contributed by atoms with van der Waals surface area (Å²) in [5, 5.41) is 7.56. The third kappa shape index (κ3) is 3.87. The highest BCUT2D eigenvalue weighted by molar-refractivity contribution is 6.31. The molecule has 6 nitrogen and oxygen atoms in total. The summed E-state index contributed by atoms with van der Waals surface area (Å²) in [4.78, 5) is 25.0. The van der Waals surface area contributed by atoms with Crippen LogP contribution in [0.3, 0.4) is 0 Å². The molecule has 1 aromatic heterocycles. The number of halogens is 1. The number of carbonyl (C=O) groups is 1. The molecule has 0 radical (unpaired) electrons. The molecule has 3 rings (SSSR count). The lowest BCUT2D eigenvalue weighted by Crippen LogP contribution is -2.35. The van der Waals surface area contributed by atoms with Gasteiger partial charge < -0.3 is 15.1 Å². The minimum absolute atomic E-state index is 0.106. The van der Waals surface area contributed by atoms with Crippen LogP contribution in [0, 0.1) is 5.92 Å². The first-order valence-corrected chi connectivity index (χ1v) is 8.55. The Labute approximate surface area is 145 Å². The summed E-state index contributed by atoms with van der Waals surface area (Å²) in [5.41, 5.74) is 2.77. The molecule has 0 aliphatic carbocycles. The second kappa shape index (κ2) is 7.21. The molecule has 1 aliphatic rings. The zero-order valence-corrected chi connectivity index (χ0v) is 14.6. The van der Waals surface area contributed by atoms with Crippen LogP contribution in [0.1, 0.15) is 32.5 Å². The largest absolute Gasteiger partial charge is 0.382 e. The second-order valence-electron chi connectivity index (χ2n) is 6.28. The van der Waals surface area contributed by atoms with Crippen LogP contribution in [0.25, 0.3) is 11.0 Å². The maximum Gasteiger partial charge on any atom is 0.264 e. The molecule has 2 heterocycles. The van der Waals surface area contributed by atoms with E-state index < -0.39 is 6.10 Å². The normalized spacial score (nSPS) is 17.2. The zero-order valence-electron chi connectivity index (χ0n) is 13.8. The Morgan fingerprint density at radius 3 is 3.08 bits per heavy atom. The van der Waals surface area contributed by atoms with Gasteiger partial charge in [0.05, 0.1) is 16.7 Å². The second-order valence-corrected chi connectivity index (χ2v) is 6.71. The molecular formula is C17H21ClN4O2. The van der Waals surface area contributed by atoms with Gasteiger partial charge in [0.15, 0.2) is 0 Å². The highest BCUT2D eigenvalue weighted by atomic mass is 35.5. The average molecular weight is 349 g/mol. The van der Waals surface area contributed by atoms with Crippen molar-refractivity contribution in [1.82, 2.24) is 15.3 Å². The molecule has 1 aliphatic heterocycles. The highest BCUT2D eigenvalue weighted by Crippen LogP contribution is 2.18. The molecule has 2 aromatic rings.